The Labute approximate surface area is 60.8 Å². The minimum Gasteiger partial charge on any atom is -0.387 e. The van der Waals surface area contributed by atoms with Crippen LogP contribution in [0.2, 0.25) is 0 Å². The van der Waals surface area contributed by atoms with E-state index in [0.717, 1.165) is 6.42 Å². The zero-order chi connectivity index (χ0) is 7.40. The van der Waals surface area contributed by atoms with Crippen molar-refractivity contribution in [3.05, 3.63) is 24.8 Å². The molecular weight excluding hydrogens is 128 g/mol. The Bertz CT molecular complexity index is 140. The first-order chi connectivity index (χ1) is 4.83. The van der Waals surface area contributed by atoms with E-state index in [2.05, 4.69) is 6.58 Å². The summed E-state index contributed by atoms with van der Waals surface area (Å²) in [6, 6.07) is 0. The van der Waals surface area contributed by atoms with Crippen LogP contribution in [0.4, 0.5) is 0 Å². The van der Waals surface area contributed by atoms with Gasteiger partial charge in [0.05, 0.1) is 18.8 Å². The fraction of sp³-hybridized carbons (Fsp3) is 0.500. The number of aliphatic hydroxyl groups is 1. The van der Waals surface area contributed by atoms with Crippen molar-refractivity contribution >= 4 is 0 Å². The lowest BCUT2D eigenvalue weighted by molar-refractivity contribution is 0.0168. The fourth-order valence-electron chi connectivity index (χ4n) is 0.896. The highest BCUT2D eigenvalue weighted by Gasteiger charge is 2.11. The van der Waals surface area contributed by atoms with Crippen LogP contribution in [0.5, 0.6) is 0 Å². The second kappa shape index (κ2) is 3.54. The average Bonchev–Trinajstić information content (AvgIpc) is 1.95. The summed E-state index contributed by atoms with van der Waals surface area (Å²) in [5.74, 6) is 0. The summed E-state index contributed by atoms with van der Waals surface area (Å²) in [5.41, 5.74) is 0. The van der Waals surface area contributed by atoms with E-state index in [0.29, 0.717) is 6.61 Å². The molecule has 1 N–H and O–H groups in total. The molecule has 1 aliphatic rings. The molecule has 0 aromatic heterocycles. The topological polar surface area (TPSA) is 29.5 Å². The molecule has 0 amide bonds. The number of rotatable bonds is 2. The van der Waals surface area contributed by atoms with Gasteiger partial charge in [-0.25, -0.2) is 0 Å². The quantitative estimate of drug-likeness (QED) is 0.577. The molecule has 2 heteroatoms. The van der Waals surface area contributed by atoms with E-state index in [1.165, 1.54) is 0 Å². The lowest BCUT2D eigenvalue weighted by Gasteiger charge is -2.19. The minimum absolute atomic E-state index is 0.126. The summed E-state index contributed by atoms with van der Waals surface area (Å²) in [6.07, 6.45) is 5.98. The van der Waals surface area contributed by atoms with Crippen LogP contribution >= 0.6 is 0 Å². The molecule has 0 bridgehead atoms. The Morgan fingerprint density at radius 3 is 3.00 bits per heavy atom. The molecule has 0 aliphatic carbocycles. The normalized spacial score (nSPS) is 32.1. The molecule has 10 heavy (non-hydrogen) atoms. The van der Waals surface area contributed by atoms with Gasteiger partial charge in [-0.1, -0.05) is 18.2 Å². The van der Waals surface area contributed by atoms with Gasteiger partial charge < -0.3 is 9.84 Å². The summed E-state index contributed by atoms with van der Waals surface area (Å²) in [7, 11) is 0. The van der Waals surface area contributed by atoms with Crippen LogP contribution < -0.4 is 0 Å². The van der Waals surface area contributed by atoms with Crippen molar-refractivity contribution in [2.45, 2.75) is 18.6 Å². The molecule has 2 unspecified atom stereocenters. The molecule has 1 aliphatic heterocycles. The summed E-state index contributed by atoms with van der Waals surface area (Å²) >= 11 is 0. The third kappa shape index (κ3) is 1.97. The van der Waals surface area contributed by atoms with Gasteiger partial charge in [0.1, 0.15) is 0 Å². The smallest absolute Gasteiger partial charge is 0.0955 e. The van der Waals surface area contributed by atoms with Gasteiger partial charge in [0.15, 0.2) is 0 Å². The number of hydrogen-bond donors (Lipinski definition) is 1. The van der Waals surface area contributed by atoms with E-state index < -0.39 is 6.10 Å². The van der Waals surface area contributed by atoms with Crippen molar-refractivity contribution in [3.63, 3.8) is 0 Å². The lowest BCUT2D eigenvalue weighted by Crippen LogP contribution is -2.23. The van der Waals surface area contributed by atoms with Crippen LogP contribution in [0.1, 0.15) is 6.42 Å². The van der Waals surface area contributed by atoms with Gasteiger partial charge in [0.2, 0.25) is 0 Å². The third-order valence-electron chi connectivity index (χ3n) is 1.43. The second-order valence-electron chi connectivity index (χ2n) is 2.35. The Hall–Kier alpha value is -0.600. The molecule has 0 aromatic rings. The van der Waals surface area contributed by atoms with Crippen LogP contribution in [0.25, 0.3) is 0 Å². The Kier molecular flexibility index (Phi) is 2.66. The Morgan fingerprint density at radius 1 is 1.70 bits per heavy atom. The van der Waals surface area contributed by atoms with E-state index >= 15 is 0 Å². The molecule has 0 fully saturated rings. The number of aliphatic hydroxyl groups excluding tert-OH is 1. The predicted molar refractivity (Wildman–Crippen MR) is 39.7 cm³/mol. The minimum atomic E-state index is -0.416. The molecule has 0 spiro atoms. The first-order valence-corrected chi connectivity index (χ1v) is 3.42. The molecule has 2 atom stereocenters. The third-order valence-corrected chi connectivity index (χ3v) is 1.43. The van der Waals surface area contributed by atoms with Crippen molar-refractivity contribution in [1.29, 1.82) is 0 Å². The second-order valence-corrected chi connectivity index (χ2v) is 2.35. The van der Waals surface area contributed by atoms with Gasteiger partial charge in [-0.2, -0.15) is 0 Å². The van der Waals surface area contributed by atoms with Crippen LogP contribution in [-0.4, -0.2) is 23.9 Å². The van der Waals surface area contributed by atoms with Crippen molar-refractivity contribution < 1.29 is 9.84 Å². The van der Waals surface area contributed by atoms with Crippen LogP contribution in [0.3, 0.4) is 0 Å². The molecule has 0 saturated heterocycles. The SMILES string of the molecule is C=CCC1C=CC(O)CO1. The fourth-order valence-corrected chi connectivity index (χ4v) is 0.896. The van der Waals surface area contributed by atoms with Gasteiger partial charge in [0.25, 0.3) is 0 Å². The highest BCUT2D eigenvalue weighted by atomic mass is 16.5. The summed E-state index contributed by atoms with van der Waals surface area (Å²) in [6.45, 7) is 4.01. The van der Waals surface area contributed by atoms with Crippen LogP contribution in [-0.2, 0) is 4.74 Å². The molecule has 56 valence electrons. The van der Waals surface area contributed by atoms with E-state index in [1.54, 1.807) is 6.08 Å². The van der Waals surface area contributed by atoms with E-state index in [4.69, 9.17) is 9.84 Å². The predicted octanol–water partition coefficient (Wildman–Crippen LogP) is 0.878. The van der Waals surface area contributed by atoms with Crippen molar-refractivity contribution in [2.24, 2.45) is 0 Å². The van der Waals surface area contributed by atoms with Crippen molar-refractivity contribution in [3.8, 4) is 0 Å². The largest absolute Gasteiger partial charge is 0.387 e. The van der Waals surface area contributed by atoms with Crippen LogP contribution in [0.15, 0.2) is 24.8 Å². The van der Waals surface area contributed by atoms with Gasteiger partial charge in [-0.05, 0) is 6.42 Å². The number of ether oxygens (including phenoxy) is 1. The van der Waals surface area contributed by atoms with Crippen molar-refractivity contribution in [1.82, 2.24) is 0 Å². The van der Waals surface area contributed by atoms with Gasteiger partial charge in [0, 0.05) is 0 Å². The Balaban J connectivity index is 2.37. The molecule has 1 rings (SSSR count). The molecule has 0 aromatic carbocycles. The van der Waals surface area contributed by atoms with Gasteiger partial charge in [-0.15, -0.1) is 6.58 Å². The first-order valence-electron chi connectivity index (χ1n) is 3.42. The maximum Gasteiger partial charge on any atom is 0.0955 e. The zero-order valence-corrected chi connectivity index (χ0v) is 5.86. The van der Waals surface area contributed by atoms with E-state index in [9.17, 15) is 0 Å². The molecule has 2 nitrogen and oxygen atoms in total. The lowest BCUT2D eigenvalue weighted by atomic mass is 10.1. The summed E-state index contributed by atoms with van der Waals surface area (Å²) < 4.78 is 5.22. The number of hydrogen-bond acceptors (Lipinski definition) is 2. The van der Waals surface area contributed by atoms with E-state index in [1.807, 2.05) is 12.2 Å². The van der Waals surface area contributed by atoms with Crippen LogP contribution in [0, 0.1) is 0 Å². The maximum atomic E-state index is 8.96. The van der Waals surface area contributed by atoms with E-state index in [-0.39, 0.29) is 6.10 Å². The standard InChI is InChI=1S/C8H12O2/c1-2-3-8-5-4-7(9)6-10-8/h2,4-5,7-9H,1,3,6H2. The first kappa shape index (κ1) is 7.51. The highest BCUT2D eigenvalue weighted by Crippen LogP contribution is 2.08. The summed E-state index contributed by atoms with van der Waals surface area (Å²) in [4.78, 5) is 0. The van der Waals surface area contributed by atoms with Crippen molar-refractivity contribution in [2.75, 3.05) is 6.61 Å². The Morgan fingerprint density at radius 2 is 2.50 bits per heavy atom. The van der Waals surface area contributed by atoms with Gasteiger partial charge >= 0.3 is 0 Å². The summed E-state index contributed by atoms with van der Waals surface area (Å²) in [5, 5.41) is 8.96. The monoisotopic (exact) mass is 140 g/mol. The zero-order valence-electron chi connectivity index (χ0n) is 5.86. The average molecular weight is 140 g/mol. The highest BCUT2D eigenvalue weighted by molar-refractivity contribution is 5.00. The molecule has 0 radical (unpaired) electrons. The maximum absolute atomic E-state index is 8.96. The molecular formula is C8H12O2. The molecule has 1 heterocycles. The van der Waals surface area contributed by atoms with Gasteiger partial charge in [-0.3, -0.25) is 0 Å². The molecule has 0 saturated carbocycles.